The molecule has 0 aliphatic carbocycles. The minimum absolute atomic E-state index is 0.0799. The fraction of sp³-hybridized carbons (Fsp3) is 0.727. The molecule has 1 aliphatic heterocycles. The first-order chi connectivity index (χ1) is 6.47. The van der Waals surface area contributed by atoms with Crippen LogP contribution < -0.4 is 0 Å². The lowest BCUT2D eigenvalue weighted by molar-refractivity contribution is -0.149. The highest BCUT2D eigenvalue weighted by Gasteiger charge is 2.39. The molecule has 0 saturated carbocycles. The van der Waals surface area contributed by atoms with Gasteiger partial charge in [0.1, 0.15) is 0 Å². The number of hydrogen-bond acceptors (Lipinski definition) is 2. The van der Waals surface area contributed by atoms with E-state index >= 15 is 0 Å². The molecule has 1 rings (SSSR count). The lowest BCUT2D eigenvalue weighted by atomic mass is 9.73. The van der Waals surface area contributed by atoms with Crippen molar-refractivity contribution in [1.29, 1.82) is 0 Å². The lowest BCUT2D eigenvalue weighted by Gasteiger charge is -2.41. The molecule has 0 spiro atoms. The quantitative estimate of drug-likeness (QED) is 0.699. The molecule has 1 N–H and O–H groups in total. The molecule has 0 aromatic heterocycles. The predicted octanol–water partition coefficient (Wildman–Crippen LogP) is 1.61. The van der Waals surface area contributed by atoms with Gasteiger partial charge in [0.25, 0.3) is 0 Å². The van der Waals surface area contributed by atoms with Crippen molar-refractivity contribution in [1.82, 2.24) is 4.90 Å². The number of rotatable bonds is 3. The van der Waals surface area contributed by atoms with Crippen molar-refractivity contribution in [2.75, 3.05) is 19.6 Å². The number of carboxylic acids is 1. The van der Waals surface area contributed by atoms with Crippen LogP contribution in [0.3, 0.4) is 0 Å². The number of hydrogen-bond donors (Lipinski definition) is 1. The summed E-state index contributed by atoms with van der Waals surface area (Å²) in [6.45, 7) is 10.2. The summed E-state index contributed by atoms with van der Waals surface area (Å²) >= 11 is 0. The van der Waals surface area contributed by atoms with Gasteiger partial charge in [-0.05, 0) is 18.4 Å². The third kappa shape index (κ3) is 2.35. The van der Waals surface area contributed by atoms with E-state index in [9.17, 15) is 4.79 Å². The first kappa shape index (κ1) is 11.2. The zero-order valence-corrected chi connectivity index (χ0v) is 8.99. The van der Waals surface area contributed by atoms with E-state index in [1.807, 2.05) is 19.9 Å². The molecule has 80 valence electrons. The number of carboxylic acid groups (broad SMARTS) is 1. The van der Waals surface area contributed by atoms with Crippen molar-refractivity contribution >= 4 is 5.97 Å². The maximum absolute atomic E-state index is 11.1. The van der Waals surface area contributed by atoms with Crippen LogP contribution in [0.25, 0.3) is 0 Å². The fourth-order valence-electron chi connectivity index (χ4n) is 1.98. The van der Waals surface area contributed by atoms with Gasteiger partial charge < -0.3 is 5.11 Å². The molecule has 0 radical (unpaired) electrons. The minimum Gasteiger partial charge on any atom is -0.481 e. The van der Waals surface area contributed by atoms with Crippen LogP contribution in [0.15, 0.2) is 12.7 Å². The Hall–Kier alpha value is -0.830. The highest BCUT2D eigenvalue weighted by molar-refractivity contribution is 5.71. The van der Waals surface area contributed by atoms with E-state index in [1.165, 1.54) is 0 Å². The Morgan fingerprint density at radius 1 is 1.71 bits per heavy atom. The molecule has 0 aromatic carbocycles. The Bertz CT molecular complexity index is 235. The molecular weight excluding hydrogens is 178 g/mol. The summed E-state index contributed by atoms with van der Waals surface area (Å²) < 4.78 is 0. The lowest BCUT2D eigenvalue weighted by Crippen LogP contribution is -2.47. The molecule has 0 bridgehead atoms. The monoisotopic (exact) mass is 197 g/mol. The van der Waals surface area contributed by atoms with E-state index in [1.54, 1.807) is 0 Å². The van der Waals surface area contributed by atoms with Crippen LogP contribution in [-0.2, 0) is 4.79 Å². The molecule has 0 amide bonds. The van der Waals surface area contributed by atoms with Crippen molar-refractivity contribution in [3.63, 3.8) is 0 Å². The first-order valence-corrected chi connectivity index (χ1v) is 5.03. The third-order valence-electron chi connectivity index (χ3n) is 3.14. The maximum atomic E-state index is 11.1. The second kappa shape index (κ2) is 4.13. The van der Waals surface area contributed by atoms with E-state index in [4.69, 9.17) is 5.11 Å². The fourth-order valence-corrected chi connectivity index (χ4v) is 1.98. The summed E-state index contributed by atoms with van der Waals surface area (Å²) in [6.07, 6.45) is 2.77. The summed E-state index contributed by atoms with van der Waals surface area (Å²) in [5, 5.41) is 9.11. The predicted molar refractivity (Wildman–Crippen MR) is 56.2 cm³/mol. The Morgan fingerprint density at radius 2 is 2.36 bits per heavy atom. The molecule has 14 heavy (non-hydrogen) atoms. The SMILES string of the molecule is C=CCN1CCC(C)(C)C(C(=O)O)C1. The van der Waals surface area contributed by atoms with Crippen LogP contribution in [0.1, 0.15) is 20.3 Å². The summed E-state index contributed by atoms with van der Waals surface area (Å²) in [5.74, 6) is -0.931. The molecule has 1 atom stereocenters. The molecule has 3 heteroatoms. The summed E-state index contributed by atoms with van der Waals surface area (Å²) in [6, 6.07) is 0. The van der Waals surface area contributed by atoms with Crippen molar-refractivity contribution in [2.24, 2.45) is 11.3 Å². The number of carbonyl (C=O) groups is 1. The Kier molecular flexibility index (Phi) is 3.32. The van der Waals surface area contributed by atoms with Gasteiger partial charge >= 0.3 is 5.97 Å². The molecule has 1 fully saturated rings. The average Bonchev–Trinajstić information content (AvgIpc) is 2.08. The van der Waals surface area contributed by atoms with E-state index < -0.39 is 5.97 Å². The number of nitrogens with zero attached hydrogens (tertiary/aromatic N) is 1. The van der Waals surface area contributed by atoms with Gasteiger partial charge in [-0.2, -0.15) is 0 Å². The van der Waals surface area contributed by atoms with Crippen LogP contribution in [0.5, 0.6) is 0 Å². The molecule has 1 aliphatic rings. The van der Waals surface area contributed by atoms with Crippen molar-refractivity contribution < 1.29 is 9.90 Å². The summed E-state index contributed by atoms with van der Waals surface area (Å²) in [7, 11) is 0. The molecule has 1 unspecified atom stereocenters. The number of likely N-dealkylation sites (tertiary alicyclic amines) is 1. The van der Waals surface area contributed by atoms with Gasteiger partial charge in [0.15, 0.2) is 0 Å². The molecule has 3 nitrogen and oxygen atoms in total. The second-order valence-corrected chi connectivity index (χ2v) is 4.68. The Morgan fingerprint density at radius 3 is 2.86 bits per heavy atom. The zero-order valence-electron chi connectivity index (χ0n) is 8.99. The Balaban J connectivity index is 2.67. The van der Waals surface area contributed by atoms with Crippen LogP contribution in [0, 0.1) is 11.3 Å². The van der Waals surface area contributed by atoms with Crippen LogP contribution >= 0.6 is 0 Å². The first-order valence-electron chi connectivity index (χ1n) is 5.03. The smallest absolute Gasteiger partial charge is 0.308 e. The molecule has 1 heterocycles. The van der Waals surface area contributed by atoms with Crippen LogP contribution in [0.2, 0.25) is 0 Å². The minimum atomic E-state index is -0.677. The van der Waals surface area contributed by atoms with E-state index in [0.29, 0.717) is 6.54 Å². The van der Waals surface area contributed by atoms with Crippen molar-refractivity contribution in [2.45, 2.75) is 20.3 Å². The van der Waals surface area contributed by atoms with Gasteiger partial charge in [0.05, 0.1) is 5.92 Å². The van der Waals surface area contributed by atoms with Gasteiger partial charge in [-0.15, -0.1) is 6.58 Å². The van der Waals surface area contributed by atoms with Gasteiger partial charge in [0, 0.05) is 13.1 Å². The van der Waals surface area contributed by atoms with Crippen LogP contribution in [-0.4, -0.2) is 35.6 Å². The van der Waals surface area contributed by atoms with Gasteiger partial charge in [-0.1, -0.05) is 19.9 Å². The Labute approximate surface area is 85.4 Å². The zero-order chi connectivity index (χ0) is 10.8. The van der Waals surface area contributed by atoms with Gasteiger partial charge in [-0.3, -0.25) is 9.69 Å². The summed E-state index contributed by atoms with van der Waals surface area (Å²) in [4.78, 5) is 13.2. The average molecular weight is 197 g/mol. The van der Waals surface area contributed by atoms with E-state index in [2.05, 4.69) is 11.5 Å². The van der Waals surface area contributed by atoms with Crippen molar-refractivity contribution in [3.05, 3.63) is 12.7 Å². The number of piperidine rings is 1. The third-order valence-corrected chi connectivity index (χ3v) is 3.14. The highest BCUT2D eigenvalue weighted by Crippen LogP contribution is 2.35. The summed E-state index contributed by atoms with van der Waals surface area (Å²) in [5.41, 5.74) is -0.0799. The van der Waals surface area contributed by atoms with Gasteiger partial charge in [-0.25, -0.2) is 0 Å². The van der Waals surface area contributed by atoms with E-state index in [0.717, 1.165) is 19.5 Å². The second-order valence-electron chi connectivity index (χ2n) is 4.68. The molecule has 1 saturated heterocycles. The van der Waals surface area contributed by atoms with E-state index in [-0.39, 0.29) is 11.3 Å². The molecular formula is C11H19NO2. The standard InChI is InChI=1S/C11H19NO2/c1-4-6-12-7-5-11(2,3)9(8-12)10(13)14/h4,9H,1,5-8H2,2-3H3,(H,13,14). The van der Waals surface area contributed by atoms with Crippen LogP contribution in [0.4, 0.5) is 0 Å². The topological polar surface area (TPSA) is 40.5 Å². The normalized spacial score (nSPS) is 27.1. The number of aliphatic carboxylic acids is 1. The maximum Gasteiger partial charge on any atom is 0.308 e. The molecule has 0 aromatic rings. The highest BCUT2D eigenvalue weighted by atomic mass is 16.4. The largest absolute Gasteiger partial charge is 0.481 e. The van der Waals surface area contributed by atoms with Gasteiger partial charge in [0.2, 0.25) is 0 Å². The van der Waals surface area contributed by atoms with Crippen molar-refractivity contribution in [3.8, 4) is 0 Å².